The van der Waals surface area contributed by atoms with Gasteiger partial charge in [0.2, 0.25) is 11.8 Å². The SMILES string of the molecule is CC1(C)OB(c2ccc(C3CCN(c4c(F)cc(-c5ccc(OCc6ccccc6)nc5OCc5ccccc5)cc4F)CC3)cc2)OC1(C)C. The van der Waals surface area contributed by atoms with Gasteiger partial charge in [-0.25, -0.2) is 8.78 Å². The highest BCUT2D eigenvalue weighted by atomic mass is 19.1. The van der Waals surface area contributed by atoms with E-state index >= 15 is 8.78 Å². The molecule has 4 aromatic carbocycles. The zero-order chi connectivity index (χ0) is 35.6. The van der Waals surface area contributed by atoms with E-state index in [0.717, 1.165) is 29.4 Å². The minimum atomic E-state index is -0.617. The fourth-order valence-electron chi connectivity index (χ4n) is 6.66. The molecule has 5 aromatic rings. The Morgan fingerprint density at radius 3 is 1.84 bits per heavy atom. The zero-order valence-electron chi connectivity index (χ0n) is 29.6. The predicted molar refractivity (Wildman–Crippen MR) is 197 cm³/mol. The third-order valence-corrected chi connectivity index (χ3v) is 10.4. The van der Waals surface area contributed by atoms with Gasteiger partial charge in [0.1, 0.15) is 30.5 Å². The van der Waals surface area contributed by atoms with Crippen LogP contribution in [-0.2, 0) is 22.5 Å². The standard InChI is InChI=1S/C42H43BF2N2O4/c1-41(2)42(3,4)51-43(50-41)34-17-15-31(16-18-34)32-21-23-47(24-22-32)39-36(44)25-33(26-37(39)45)35-19-20-38(48-27-29-11-7-5-8-12-29)46-40(35)49-28-30-13-9-6-10-14-30/h5-20,25-26,32H,21-24,27-28H2,1-4H3. The Morgan fingerprint density at radius 2 is 1.27 bits per heavy atom. The highest BCUT2D eigenvalue weighted by Crippen LogP contribution is 2.39. The second-order valence-electron chi connectivity index (χ2n) is 14.4. The lowest BCUT2D eigenvalue weighted by atomic mass is 9.77. The molecule has 0 aliphatic carbocycles. The number of anilines is 1. The summed E-state index contributed by atoms with van der Waals surface area (Å²) in [6, 6.07) is 34.0. The van der Waals surface area contributed by atoms with Crippen LogP contribution in [0.25, 0.3) is 11.1 Å². The molecule has 2 aliphatic rings. The van der Waals surface area contributed by atoms with Crippen molar-refractivity contribution in [1.82, 2.24) is 4.98 Å². The van der Waals surface area contributed by atoms with Gasteiger partial charge in [0.25, 0.3) is 0 Å². The minimum absolute atomic E-state index is 0.00386. The molecule has 51 heavy (non-hydrogen) atoms. The van der Waals surface area contributed by atoms with Crippen molar-refractivity contribution in [3.8, 4) is 22.9 Å². The molecule has 0 N–H and O–H groups in total. The first-order valence-electron chi connectivity index (χ1n) is 17.6. The van der Waals surface area contributed by atoms with Crippen molar-refractivity contribution in [3.63, 3.8) is 0 Å². The topological polar surface area (TPSA) is 53.1 Å². The molecule has 0 spiro atoms. The number of nitrogens with zero attached hydrogens (tertiary/aromatic N) is 2. The molecule has 2 aliphatic heterocycles. The molecule has 262 valence electrons. The van der Waals surface area contributed by atoms with Crippen LogP contribution in [0.5, 0.6) is 11.8 Å². The lowest BCUT2D eigenvalue weighted by molar-refractivity contribution is 0.00578. The van der Waals surface area contributed by atoms with Crippen LogP contribution in [0, 0.1) is 11.6 Å². The fraction of sp³-hybridized carbons (Fsp3) is 0.310. The number of halogens is 2. The van der Waals surface area contributed by atoms with E-state index in [1.54, 1.807) is 12.1 Å². The van der Waals surface area contributed by atoms with Crippen LogP contribution in [0.4, 0.5) is 14.5 Å². The van der Waals surface area contributed by atoms with Crippen LogP contribution in [0.15, 0.2) is 109 Å². The third-order valence-electron chi connectivity index (χ3n) is 10.4. The van der Waals surface area contributed by atoms with Gasteiger partial charge in [-0.3, -0.25) is 0 Å². The highest BCUT2D eigenvalue weighted by Gasteiger charge is 2.51. The Morgan fingerprint density at radius 1 is 0.725 bits per heavy atom. The zero-order valence-corrected chi connectivity index (χ0v) is 29.6. The number of piperidine rings is 1. The third kappa shape index (κ3) is 7.65. The van der Waals surface area contributed by atoms with Gasteiger partial charge in [0, 0.05) is 24.7 Å². The quantitative estimate of drug-likeness (QED) is 0.137. The maximum absolute atomic E-state index is 15.9. The molecule has 0 amide bonds. The number of aromatic nitrogens is 1. The summed E-state index contributed by atoms with van der Waals surface area (Å²) in [5.41, 5.74) is 4.15. The van der Waals surface area contributed by atoms with Crippen molar-refractivity contribution in [2.45, 2.75) is 70.9 Å². The summed E-state index contributed by atoms with van der Waals surface area (Å²) < 4.78 is 56.3. The Bertz CT molecular complexity index is 1910. The first-order valence-corrected chi connectivity index (χ1v) is 17.6. The van der Waals surface area contributed by atoms with Crippen molar-refractivity contribution >= 4 is 18.3 Å². The molecular formula is C42H43BF2N2O4. The lowest BCUT2D eigenvalue weighted by Gasteiger charge is -2.34. The summed E-state index contributed by atoms with van der Waals surface area (Å²) in [5, 5.41) is 0. The smallest absolute Gasteiger partial charge is 0.473 e. The maximum atomic E-state index is 15.9. The average molecular weight is 689 g/mol. The maximum Gasteiger partial charge on any atom is 0.494 e. The molecule has 7 rings (SSSR count). The summed E-state index contributed by atoms with van der Waals surface area (Å²) in [6.07, 6.45) is 1.56. The van der Waals surface area contributed by atoms with Crippen LogP contribution < -0.4 is 19.8 Å². The van der Waals surface area contributed by atoms with Gasteiger partial charge in [-0.05, 0) is 92.4 Å². The van der Waals surface area contributed by atoms with Crippen LogP contribution in [0.3, 0.4) is 0 Å². The monoisotopic (exact) mass is 688 g/mol. The number of rotatable bonds is 10. The van der Waals surface area contributed by atoms with Crippen molar-refractivity contribution in [3.05, 3.63) is 138 Å². The molecular weight excluding hydrogens is 645 g/mol. The van der Waals surface area contributed by atoms with E-state index in [9.17, 15) is 0 Å². The number of pyridine rings is 1. The number of benzene rings is 4. The summed E-state index contributed by atoms with van der Waals surface area (Å²) in [6.45, 7) is 9.83. The molecule has 0 radical (unpaired) electrons. The molecule has 1 aromatic heterocycles. The molecule has 3 heterocycles. The van der Waals surface area contributed by atoms with Gasteiger partial charge in [-0.15, -0.1) is 0 Å². The van der Waals surface area contributed by atoms with Gasteiger partial charge < -0.3 is 23.7 Å². The van der Waals surface area contributed by atoms with E-state index in [-0.39, 0.29) is 24.1 Å². The molecule has 6 nitrogen and oxygen atoms in total. The van der Waals surface area contributed by atoms with Gasteiger partial charge in [0.05, 0.1) is 11.2 Å². The first-order chi connectivity index (χ1) is 24.6. The Hall–Kier alpha value is -4.73. The van der Waals surface area contributed by atoms with E-state index in [1.165, 1.54) is 17.7 Å². The summed E-state index contributed by atoms with van der Waals surface area (Å²) in [7, 11) is -0.409. The second-order valence-corrected chi connectivity index (χ2v) is 14.4. The molecule has 0 bridgehead atoms. The lowest BCUT2D eigenvalue weighted by Crippen LogP contribution is -2.41. The van der Waals surface area contributed by atoms with Crippen LogP contribution in [-0.4, -0.2) is 36.4 Å². The number of ether oxygens (including phenoxy) is 2. The first kappa shape index (κ1) is 34.7. The van der Waals surface area contributed by atoms with Gasteiger partial charge in [-0.2, -0.15) is 4.98 Å². The molecule has 0 unspecified atom stereocenters. The average Bonchev–Trinajstić information content (AvgIpc) is 3.36. The Labute approximate surface area is 299 Å². The van der Waals surface area contributed by atoms with Crippen molar-refractivity contribution in [2.24, 2.45) is 0 Å². The number of hydrogen-bond acceptors (Lipinski definition) is 6. The van der Waals surface area contributed by atoms with Gasteiger partial charge in [0.15, 0.2) is 0 Å². The molecule has 2 saturated heterocycles. The summed E-state index contributed by atoms with van der Waals surface area (Å²) in [5.74, 6) is -0.352. The van der Waals surface area contributed by atoms with Gasteiger partial charge in [-0.1, -0.05) is 84.9 Å². The van der Waals surface area contributed by atoms with E-state index in [2.05, 4.69) is 29.2 Å². The Kier molecular flexibility index (Phi) is 9.86. The van der Waals surface area contributed by atoms with Crippen molar-refractivity contribution < 1.29 is 27.6 Å². The highest BCUT2D eigenvalue weighted by molar-refractivity contribution is 6.62. The van der Waals surface area contributed by atoms with Crippen LogP contribution >= 0.6 is 0 Å². The van der Waals surface area contributed by atoms with Crippen LogP contribution in [0.1, 0.15) is 63.1 Å². The second kappa shape index (κ2) is 14.5. The predicted octanol–water partition coefficient (Wildman–Crippen LogP) is 8.87. The molecule has 9 heteroatoms. The van der Waals surface area contributed by atoms with Crippen LogP contribution in [0.2, 0.25) is 0 Å². The van der Waals surface area contributed by atoms with Gasteiger partial charge >= 0.3 is 7.12 Å². The summed E-state index contributed by atoms with van der Waals surface area (Å²) >= 11 is 0. The largest absolute Gasteiger partial charge is 0.494 e. The van der Waals surface area contributed by atoms with E-state index in [4.69, 9.17) is 18.8 Å². The minimum Gasteiger partial charge on any atom is -0.473 e. The fourth-order valence-corrected chi connectivity index (χ4v) is 6.66. The summed E-state index contributed by atoms with van der Waals surface area (Å²) in [4.78, 5) is 6.43. The van der Waals surface area contributed by atoms with Crippen molar-refractivity contribution in [1.29, 1.82) is 0 Å². The molecule has 0 atom stereocenters. The molecule has 0 saturated carbocycles. The van der Waals surface area contributed by atoms with E-state index in [1.807, 2.05) is 93.3 Å². The Balaban J connectivity index is 1.05. The van der Waals surface area contributed by atoms with E-state index in [0.29, 0.717) is 36.7 Å². The van der Waals surface area contributed by atoms with Crippen molar-refractivity contribution in [2.75, 3.05) is 18.0 Å². The number of hydrogen-bond donors (Lipinski definition) is 0. The molecule has 2 fully saturated rings. The van der Waals surface area contributed by atoms with E-state index < -0.39 is 30.0 Å². The normalized spacial score (nSPS) is 17.1.